The maximum atomic E-state index is 12.7. The van der Waals surface area contributed by atoms with Crippen LogP contribution in [0.1, 0.15) is 16.7 Å². The predicted octanol–water partition coefficient (Wildman–Crippen LogP) is 2.50. The molecule has 5 nitrogen and oxygen atoms in total. The van der Waals surface area contributed by atoms with Gasteiger partial charge in [0.05, 0.1) is 13.2 Å². The molecule has 0 bridgehead atoms. The van der Waals surface area contributed by atoms with Crippen molar-refractivity contribution in [2.45, 2.75) is 25.6 Å². The molecule has 0 radical (unpaired) electrons. The number of carbonyl (C=O) groups is 1. The van der Waals surface area contributed by atoms with E-state index < -0.39 is 0 Å². The highest BCUT2D eigenvalue weighted by Crippen LogP contribution is 2.27. The van der Waals surface area contributed by atoms with Crippen molar-refractivity contribution in [3.63, 3.8) is 0 Å². The van der Waals surface area contributed by atoms with Gasteiger partial charge in [-0.25, -0.2) is 0 Å². The summed E-state index contributed by atoms with van der Waals surface area (Å²) in [5.41, 5.74) is 3.40. The molecule has 1 aliphatic heterocycles. The van der Waals surface area contributed by atoms with Crippen LogP contribution in [0.2, 0.25) is 0 Å². The number of likely N-dealkylation sites (N-methyl/N-ethyl adjacent to an activating group) is 1. The Labute approximate surface area is 154 Å². The summed E-state index contributed by atoms with van der Waals surface area (Å²) >= 11 is 0. The summed E-state index contributed by atoms with van der Waals surface area (Å²) in [5.74, 6) is 0.579. The van der Waals surface area contributed by atoms with E-state index in [2.05, 4.69) is 17.4 Å². The number of phenols is 1. The molecule has 2 N–H and O–H groups in total. The number of fused-ring (bicyclic) bond motifs is 1. The molecule has 1 unspecified atom stereocenters. The highest BCUT2D eigenvalue weighted by molar-refractivity contribution is 5.85. The first-order valence-electron chi connectivity index (χ1n) is 7.99. The Kier molecular flexibility index (Phi) is 6.28. The molecule has 134 valence electrons. The van der Waals surface area contributed by atoms with Crippen LogP contribution < -0.4 is 10.1 Å². The van der Waals surface area contributed by atoms with E-state index in [1.165, 1.54) is 18.2 Å². The van der Waals surface area contributed by atoms with Gasteiger partial charge in [0.25, 0.3) is 0 Å². The van der Waals surface area contributed by atoms with Crippen molar-refractivity contribution in [1.29, 1.82) is 0 Å². The van der Waals surface area contributed by atoms with Gasteiger partial charge in [-0.15, -0.1) is 12.4 Å². The number of nitrogens with zero attached hydrogens (tertiary/aromatic N) is 1. The number of halogens is 1. The van der Waals surface area contributed by atoms with Gasteiger partial charge in [0.1, 0.15) is 0 Å². The molecular formula is C19H23ClN2O3. The summed E-state index contributed by atoms with van der Waals surface area (Å²) in [7, 11) is 3.31. The average Bonchev–Trinajstić information content (AvgIpc) is 2.62. The Morgan fingerprint density at radius 1 is 1.28 bits per heavy atom. The van der Waals surface area contributed by atoms with E-state index in [0.717, 1.165) is 5.56 Å². The molecule has 1 atom stereocenters. The standard InChI is InChI=1S/C19H22N2O3.ClH/c1-21(12-13-7-8-17(22)18(9-13)24-2)19(23)16-10-14-5-3-4-6-15(14)11-20-16;/h3-9,16,20,22H,10-12H2,1-2H3;1H. The van der Waals surface area contributed by atoms with Crippen molar-refractivity contribution in [2.75, 3.05) is 14.2 Å². The monoisotopic (exact) mass is 362 g/mol. The summed E-state index contributed by atoms with van der Waals surface area (Å²) in [4.78, 5) is 14.4. The number of hydrogen-bond acceptors (Lipinski definition) is 4. The predicted molar refractivity (Wildman–Crippen MR) is 99.2 cm³/mol. The lowest BCUT2D eigenvalue weighted by atomic mass is 9.95. The molecule has 1 amide bonds. The normalized spacial score (nSPS) is 15.7. The molecule has 25 heavy (non-hydrogen) atoms. The second-order valence-corrected chi connectivity index (χ2v) is 6.11. The molecular weight excluding hydrogens is 340 g/mol. The molecule has 6 heteroatoms. The Hall–Kier alpha value is -2.24. The van der Waals surface area contributed by atoms with E-state index in [-0.39, 0.29) is 30.1 Å². The molecule has 0 aliphatic carbocycles. The van der Waals surface area contributed by atoms with Crippen molar-refractivity contribution in [2.24, 2.45) is 0 Å². The fourth-order valence-corrected chi connectivity index (χ4v) is 3.07. The fraction of sp³-hybridized carbons (Fsp3) is 0.316. The van der Waals surface area contributed by atoms with E-state index in [1.807, 2.05) is 12.1 Å². The lowest BCUT2D eigenvalue weighted by Crippen LogP contribution is -2.48. The Balaban J connectivity index is 0.00000225. The summed E-state index contributed by atoms with van der Waals surface area (Å²) in [6.45, 7) is 1.18. The molecule has 0 spiro atoms. The molecule has 3 rings (SSSR count). The largest absolute Gasteiger partial charge is 0.504 e. The molecule has 1 heterocycles. The van der Waals surface area contributed by atoms with E-state index in [0.29, 0.717) is 25.3 Å². The van der Waals surface area contributed by atoms with Crippen LogP contribution in [0, 0.1) is 0 Å². The highest BCUT2D eigenvalue weighted by atomic mass is 35.5. The van der Waals surface area contributed by atoms with Gasteiger partial charge in [0, 0.05) is 20.1 Å². The van der Waals surface area contributed by atoms with E-state index in [9.17, 15) is 9.90 Å². The molecule has 0 saturated heterocycles. The molecule has 0 aromatic heterocycles. The number of carbonyl (C=O) groups excluding carboxylic acids is 1. The lowest BCUT2D eigenvalue weighted by molar-refractivity contribution is -0.132. The van der Waals surface area contributed by atoms with Gasteiger partial charge in [-0.1, -0.05) is 30.3 Å². The van der Waals surface area contributed by atoms with E-state index in [4.69, 9.17) is 4.74 Å². The number of methoxy groups -OCH3 is 1. The minimum atomic E-state index is -0.205. The minimum Gasteiger partial charge on any atom is -0.504 e. The molecule has 2 aromatic rings. The first-order chi connectivity index (χ1) is 11.6. The lowest BCUT2D eigenvalue weighted by Gasteiger charge is -2.29. The zero-order valence-electron chi connectivity index (χ0n) is 14.4. The van der Waals surface area contributed by atoms with Crippen LogP contribution in [0.5, 0.6) is 11.5 Å². The van der Waals surface area contributed by atoms with Crippen LogP contribution in [0.4, 0.5) is 0 Å². The average molecular weight is 363 g/mol. The van der Waals surface area contributed by atoms with Crippen molar-refractivity contribution in [1.82, 2.24) is 10.2 Å². The maximum Gasteiger partial charge on any atom is 0.240 e. The van der Waals surface area contributed by atoms with Crippen molar-refractivity contribution < 1.29 is 14.6 Å². The van der Waals surface area contributed by atoms with Crippen LogP contribution in [-0.2, 0) is 24.3 Å². The molecule has 0 saturated carbocycles. The third-order valence-corrected chi connectivity index (χ3v) is 4.42. The van der Waals surface area contributed by atoms with Crippen molar-refractivity contribution in [3.8, 4) is 11.5 Å². The van der Waals surface area contributed by atoms with E-state index in [1.54, 1.807) is 30.1 Å². The minimum absolute atomic E-state index is 0. The summed E-state index contributed by atoms with van der Waals surface area (Å²) in [6.07, 6.45) is 0.707. The van der Waals surface area contributed by atoms with Crippen LogP contribution in [-0.4, -0.2) is 36.1 Å². The smallest absolute Gasteiger partial charge is 0.240 e. The zero-order valence-corrected chi connectivity index (χ0v) is 15.2. The first kappa shape index (κ1) is 19.1. The number of nitrogens with one attached hydrogen (secondary N) is 1. The molecule has 2 aromatic carbocycles. The number of rotatable bonds is 4. The number of aromatic hydroxyl groups is 1. The Morgan fingerprint density at radius 3 is 2.72 bits per heavy atom. The Morgan fingerprint density at radius 2 is 2.00 bits per heavy atom. The number of amides is 1. The second-order valence-electron chi connectivity index (χ2n) is 6.11. The van der Waals surface area contributed by atoms with Crippen LogP contribution in [0.3, 0.4) is 0 Å². The third kappa shape index (κ3) is 4.24. The number of phenolic OH excluding ortho intramolecular Hbond substituents is 1. The summed E-state index contributed by atoms with van der Waals surface area (Å²) in [5, 5.41) is 13.0. The van der Waals surface area contributed by atoms with Crippen LogP contribution in [0.15, 0.2) is 42.5 Å². The van der Waals surface area contributed by atoms with Gasteiger partial charge in [-0.2, -0.15) is 0 Å². The van der Waals surface area contributed by atoms with E-state index >= 15 is 0 Å². The first-order valence-corrected chi connectivity index (χ1v) is 7.99. The maximum absolute atomic E-state index is 12.7. The summed E-state index contributed by atoms with van der Waals surface area (Å²) < 4.78 is 5.12. The summed E-state index contributed by atoms with van der Waals surface area (Å²) in [6, 6.07) is 13.1. The van der Waals surface area contributed by atoms with Crippen molar-refractivity contribution >= 4 is 18.3 Å². The highest BCUT2D eigenvalue weighted by Gasteiger charge is 2.26. The van der Waals surface area contributed by atoms with Gasteiger partial charge in [-0.05, 0) is 35.2 Å². The topological polar surface area (TPSA) is 61.8 Å². The second kappa shape index (κ2) is 8.23. The number of ether oxygens (including phenoxy) is 1. The zero-order chi connectivity index (χ0) is 17.1. The number of hydrogen-bond donors (Lipinski definition) is 2. The molecule has 1 aliphatic rings. The van der Waals surface area contributed by atoms with Gasteiger partial charge in [0.2, 0.25) is 5.91 Å². The Bertz CT molecular complexity index is 751. The van der Waals surface area contributed by atoms with Crippen LogP contribution in [0.25, 0.3) is 0 Å². The van der Waals surface area contributed by atoms with Gasteiger partial charge < -0.3 is 20.1 Å². The number of benzene rings is 2. The molecule has 0 fully saturated rings. The van der Waals surface area contributed by atoms with Crippen molar-refractivity contribution in [3.05, 3.63) is 59.2 Å². The van der Waals surface area contributed by atoms with Gasteiger partial charge in [0.15, 0.2) is 11.5 Å². The fourth-order valence-electron chi connectivity index (χ4n) is 3.07. The third-order valence-electron chi connectivity index (χ3n) is 4.42. The van der Waals surface area contributed by atoms with Gasteiger partial charge in [-0.3, -0.25) is 4.79 Å². The van der Waals surface area contributed by atoms with Gasteiger partial charge >= 0.3 is 0 Å². The van der Waals surface area contributed by atoms with Crippen LogP contribution >= 0.6 is 12.4 Å². The quantitative estimate of drug-likeness (QED) is 0.877. The SMILES string of the molecule is COc1cc(CN(C)C(=O)C2Cc3ccccc3CN2)ccc1O.Cl.